The normalized spacial score (nSPS) is 12.3. The van der Waals surface area contributed by atoms with Crippen LogP contribution in [0, 0.1) is 0 Å². The van der Waals surface area contributed by atoms with E-state index in [4.69, 9.17) is 10.6 Å². The molecule has 0 aliphatic carbocycles. The Hall–Kier alpha value is -1.85. The Bertz CT molecular complexity index is 553. The van der Waals surface area contributed by atoms with Crippen LogP contribution in [0.2, 0.25) is 0 Å². The van der Waals surface area contributed by atoms with E-state index in [2.05, 4.69) is 36.6 Å². The Morgan fingerprint density at radius 3 is 2.90 bits per heavy atom. The van der Waals surface area contributed by atoms with Crippen LogP contribution < -0.4 is 16.0 Å². The number of nitrogens with two attached hydrogens (primary N) is 1. The zero-order chi connectivity index (χ0) is 15.1. The molecule has 0 saturated carbocycles. The number of hydrogen-bond donors (Lipinski definition) is 2. The smallest absolute Gasteiger partial charge is 0.119 e. The van der Waals surface area contributed by atoms with Gasteiger partial charge in [-0.05, 0) is 43.0 Å². The predicted octanol–water partition coefficient (Wildman–Crippen LogP) is 2.44. The van der Waals surface area contributed by atoms with Crippen molar-refractivity contribution in [1.82, 2.24) is 15.2 Å². The van der Waals surface area contributed by atoms with Crippen LogP contribution in [-0.4, -0.2) is 16.4 Å². The van der Waals surface area contributed by atoms with Crippen LogP contribution in [0.3, 0.4) is 0 Å². The lowest BCUT2D eigenvalue weighted by molar-refractivity contribution is 0.316. The van der Waals surface area contributed by atoms with Gasteiger partial charge in [0.05, 0.1) is 18.8 Å². The molecule has 1 aromatic carbocycles. The predicted molar refractivity (Wildman–Crippen MR) is 83.9 cm³/mol. The maximum Gasteiger partial charge on any atom is 0.119 e. The van der Waals surface area contributed by atoms with Crippen molar-refractivity contribution in [2.45, 2.75) is 39.3 Å². The van der Waals surface area contributed by atoms with Crippen LogP contribution in [0.1, 0.15) is 37.4 Å². The Kier molecular flexibility index (Phi) is 5.78. The first-order chi connectivity index (χ1) is 10.3. The molecule has 5 heteroatoms. The third-order valence-electron chi connectivity index (χ3n) is 3.39. The Labute approximate surface area is 126 Å². The van der Waals surface area contributed by atoms with Crippen LogP contribution in [0.15, 0.2) is 36.7 Å². The average Bonchev–Trinajstić information content (AvgIpc) is 2.98. The van der Waals surface area contributed by atoms with Crippen molar-refractivity contribution in [1.29, 1.82) is 0 Å². The summed E-state index contributed by atoms with van der Waals surface area (Å²) in [6.07, 6.45) is 5.75. The summed E-state index contributed by atoms with van der Waals surface area (Å²) >= 11 is 0. The van der Waals surface area contributed by atoms with Gasteiger partial charge in [-0.2, -0.15) is 5.10 Å². The van der Waals surface area contributed by atoms with E-state index < -0.39 is 0 Å². The number of rotatable bonds is 8. The van der Waals surface area contributed by atoms with Gasteiger partial charge < -0.3 is 4.74 Å². The topological polar surface area (TPSA) is 65.1 Å². The first-order valence-corrected chi connectivity index (χ1v) is 7.47. The summed E-state index contributed by atoms with van der Waals surface area (Å²) in [6, 6.07) is 8.13. The SMILES string of the molecule is CCCOc1cccc(C(Cc2cnn(CC)c2)NN)c1. The zero-order valence-electron chi connectivity index (χ0n) is 12.7. The van der Waals surface area contributed by atoms with Gasteiger partial charge in [0, 0.05) is 12.7 Å². The van der Waals surface area contributed by atoms with Crippen LogP contribution in [0.25, 0.3) is 0 Å². The van der Waals surface area contributed by atoms with E-state index >= 15 is 0 Å². The van der Waals surface area contributed by atoms with Gasteiger partial charge in [0.2, 0.25) is 0 Å². The first kappa shape index (κ1) is 15.5. The Morgan fingerprint density at radius 2 is 2.24 bits per heavy atom. The fourth-order valence-corrected chi connectivity index (χ4v) is 2.23. The molecule has 3 N–H and O–H groups in total. The van der Waals surface area contributed by atoms with Gasteiger partial charge in [-0.25, -0.2) is 0 Å². The van der Waals surface area contributed by atoms with E-state index in [0.29, 0.717) is 0 Å². The van der Waals surface area contributed by atoms with Gasteiger partial charge in [-0.3, -0.25) is 16.0 Å². The van der Waals surface area contributed by atoms with Gasteiger partial charge in [0.15, 0.2) is 0 Å². The molecule has 1 unspecified atom stereocenters. The van der Waals surface area contributed by atoms with Crippen LogP contribution in [0.4, 0.5) is 0 Å². The van der Waals surface area contributed by atoms with E-state index in [0.717, 1.165) is 37.3 Å². The number of hydrazine groups is 1. The highest BCUT2D eigenvalue weighted by atomic mass is 16.5. The average molecular weight is 288 g/mol. The summed E-state index contributed by atoms with van der Waals surface area (Å²) < 4.78 is 7.60. The molecule has 0 radical (unpaired) electrons. The second kappa shape index (κ2) is 7.81. The van der Waals surface area contributed by atoms with Gasteiger partial charge in [-0.15, -0.1) is 0 Å². The van der Waals surface area contributed by atoms with Crippen molar-refractivity contribution in [3.05, 3.63) is 47.8 Å². The van der Waals surface area contributed by atoms with Crippen LogP contribution >= 0.6 is 0 Å². The molecule has 114 valence electrons. The van der Waals surface area contributed by atoms with Gasteiger partial charge in [0.25, 0.3) is 0 Å². The molecule has 0 spiro atoms. The molecule has 5 nitrogen and oxygen atoms in total. The first-order valence-electron chi connectivity index (χ1n) is 7.47. The van der Waals surface area contributed by atoms with Crippen molar-refractivity contribution >= 4 is 0 Å². The van der Waals surface area contributed by atoms with Crippen molar-refractivity contribution < 1.29 is 4.74 Å². The quantitative estimate of drug-likeness (QED) is 0.578. The van der Waals surface area contributed by atoms with Crippen molar-refractivity contribution in [3.63, 3.8) is 0 Å². The Balaban J connectivity index is 2.09. The van der Waals surface area contributed by atoms with Gasteiger partial charge in [0.1, 0.15) is 5.75 Å². The fourth-order valence-electron chi connectivity index (χ4n) is 2.23. The monoisotopic (exact) mass is 288 g/mol. The highest BCUT2D eigenvalue weighted by Crippen LogP contribution is 2.22. The Morgan fingerprint density at radius 1 is 1.38 bits per heavy atom. The molecule has 0 saturated heterocycles. The van der Waals surface area contributed by atoms with Gasteiger partial charge in [-0.1, -0.05) is 19.1 Å². The molecule has 1 atom stereocenters. The van der Waals surface area contributed by atoms with Crippen molar-refractivity contribution in [2.75, 3.05) is 6.61 Å². The molecule has 1 heterocycles. The molecular formula is C16H24N4O. The highest BCUT2D eigenvalue weighted by molar-refractivity contribution is 5.31. The summed E-state index contributed by atoms with van der Waals surface area (Å²) in [4.78, 5) is 0. The lowest BCUT2D eigenvalue weighted by atomic mass is 10.0. The summed E-state index contributed by atoms with van der Waals surface area (Å²) in [6.45, 7) is 5.78. The largest absolute Gasteiger partial charge is 0.494 e. The molecule has 0 aliphatic heterocycles. The van der Waals surface area contributed by atoms with E-state index in [1.807, 2.05) is 29.1 Å². The number of hydrogen-bond acceptors (Lipinski definition) is 4. The van der Waals surface area contributed by atoms with E-state index in [1.165, 1.54) is 5.56 Å². The minimum absolute atomic E-state index is 0.0460. The third-order valence-corrected chi connectivity index (χ3v) is 3.39. The molecular weight excluding hydrogens is 264 g/mol. The lowest BCUT2D eigenvalue weighted by Crippen LogP contribution is -2.29. The summed E-state index contributed by atoms with van der Waals surface area (Å²) in [5.74, 6) is 6.61. The molecule has 0 aliphatic rings. The summed E-state index contributed by atoms with van der Waals surface area (Å²) in [7, 11) is 0. The van der Waals surface area contributed by atoms with E-state index in [9.17, 15) is 0 Å². The summed E-state index contributed by atoms with van der Waals surface area (Å²) in [5, 5.41) is 4.30. The molecule has 21 heavy (non-hydrogen) atoms. The zero-order valence-corrected chi connectivity index (χ0v) is 12.7. The van der Waals surface area contributed by atoms with E-state index in [1.54, 1.807) is 0 Å². The fraction of sp³-hybridized carbons (Fsp3) is 0.438. The lowest BCUT2D eigenvalue weighted by Gasteiger charge is -2.16. The standard InChI is InChI=1S/C16H24N4O/c1-3-8-21-15-7-5-6-14(10-15)16(19-17)9-13-11-18-20(4-2)12-13/h5-7,10-12,16,19H,3-4,8-9,17H2,1-2H3. The second-order valence-electron chi connectivity index (χ2n) is 5.05. The number of nitrogens with one attached hydrogen (secondary N) is 1. The number of ether oxygens (including phenoxy) is 1. The minimum atomic E-state index is 0.0460. The van der Waals surface area contributed by atoms with E-state index in [-0.39, 0.29) is 6.04 Å². The maximum absolute atomic E-state index is 5.72. The third kappa shape index (κ3) is 4.31. The maximum atomic E-state index is 5.72. The summed E-state index contributed by atoms with van der Waals surface area (Å²) in [5.41, 5.74) is 5.17. The van der Waals surface area contributed by atoms with Crippen LogP contribution in [-0.2, 0) is 13.0 Å². The number of nitrogens with zero attached hydrogens (tertiary/aromatic N) is 2. The molecule has 2 rings (SSSR count). The molecule has 0 bridgehead atoms. The molecule has 1 aromatic heterocycles. The van der Waals surface area contributed by atoms with Gasteiger partial charge >= 0.3 is 0 Å². The minimum Gasteiger partial charge on any atom is -0.494 e. The molecule has 0 amide bonds. The van der Waals surface area contributed by atoms with Crippen molar-refractivity contribution in [3.8, 4) is 5.75 Å². The molecule has 2 aromatic rings. The highest BCUT2D eigenvalue weighted by Gasteiger charge is 2.12. The molecule has 0 fully saturated rings. The van der Waals surface area contributed by atoms with Crippen LogP contribution in [0.5, 0.6) is 5.75 Å². The number of aromatic nitrogens is 2. The number of benzene rings is 1. The van der Waals surface area contributed by atoms with Crippen molar-refractivity contribution in [2.24, 2.45) is 5.84 Å². The second-order valence-corrected chi connectivity index (χ2v) is 5.05. The number of aryl methyl sites for hydroxylation is 1.